The molecule has 2 fully saturated rings. The number of anilines is 2. The monoisotopic (exact) mass is 472 g/mol. The first-order valence-corrected chi connectivity index (χ1v) is 12.0. The van der Waals surface area contributed by atoms with E-state index in [0.717, 1.165) is 16.8 Å². The lowest BCUT2D eigenvalue weighted by Gasteiger charge is -2.19. The quantitative estimate of drug-likeness (QED) is 0.290. The Hall–Kier alpha value is -3.74. The Morgan fingerprint density at radius 2 is 1.51 bits per heavy atom. The zero-order chi connectivity index (χ0) is 24.9. The van der Waals surface area contributed by atoms with Crippen molar-refractivity contribution in [2.45, 2.75) is 40.0 Å². The van der Waals surface area contributed by atoms with Crippen molar-refractivity contribution in [1.82, 2.24) is 0 Å². The predicted octanol–water partition coefficient (Wildman–Crippen LogP) is 4.03. The van der Waals surface area contributed by atoms with Gasteiger partial charge in [0, 0.05) is 18.7 Å². The smallest absolute Gasteiger partial charge is 0.316 e. The number of fused-ring (bicyclic) bond motifs is 1. The maximum atomic E-state index is 12.9. The van der Waals surface area contributed by atoms with Crippen molar-refractivity contribution in [1.29, 1.82) is 0 Å². The third kappa shape index (κ3) is 4.16. The van der Waals surface area contributed by atoms with Crippen LogP contribution in [-0.2, 0) is 19.2 Å². The van der Waals surface area contributed by atoms with Crippen LogP contribution in [0.25, 0.3) is 0 Å². The summed E-state index contributed by atoms with van der Waals surface area (Å²) in [4.78, 5) is 54.2. The predicted molar refractivity (Wildman–Crippen MR) is 131 cm³/mol. The lowest BCUT2D eigenvalue weighted by Crippen LogP contribution is -2.31. The highest BCUT2D eigenvalue weighted by molar-refractivity contribution is 6.22. The molecule has 180 valence electrons. The van der Waals surface area contributed by atoms with E-state index in [2.05, 4.69) is 0 Å². The SMILES string of the molecule is Cc1cc(C)cc(N2C[C@H](C(=O)Oc3ccc(N4C(=O)[C@@H]5CC=CC[C@H]5C4=O)c(C)c3)CC2=O)c1. The van der Waals surface area contributed by atoms with Crippen molar-refractivity contribution in [2.24, 2.45) is 17.8 Å². The number of imide groups is 1. The molecule has 0 unspecified atom stereocenters. The Bertz CT molecular complexity index is 1230. The fraction of sp³-hybridized carbons (Fsp3) is 0.357. The second-order valence-corrected chi connectivity index (χ2v) is 9.79. The third-order valence-corrected chi connectivity index (χ3v) is 7.11. The molecule has 0 aromatic heterocycles. The van der Waals surface area contributed by atoms with E-state index in [1.165, 1.54) is 4.90 Å². The lowest BCUT2D eigenvalue weighted by molar-refractivity contribution is -0.139. The third-order valence-electron chi connectivity index (χ3n) is 7.11. The van der Waals surface area contributed by atoms with Gasteiger partial charge >= 0.3 is 5.97 Å². The summed E-state index contributed by atoms with van der Waals surface area (Å²) in [5, 5.41) is 0. The Balaban J connectivity index is 1.29. The molecule has 3 aliphatic rings. The molecule has 2 aromatic carbocycles. The average Bonchev–Trinajstić information content (AvgIpc) is 3.32. The molecule has 3 atom stereocenters. The number of ether oxygens (including phenoxy) is 1. The molecule has 2 aromatic rings. The van der Waals surface area contributed by atoms with Crippen molar-refractivity contribution in [3.63, 3.8) is 0 Å². The molecule has 2 heterocycles. The van der Waals surface area contributed by atoms with Gasteiger partial charge in [0.25, 0.3) is 0 Å². The molecule has 0 N–H and O–H groups in total. The maximum Gasteiger partial charge on any atom is 0.316 e. The molecule has 0 bridgehead atoms. The number of nitrogens with zero attached hydrogens (tertiary/aromatic N) is 2. The Morgan fingerprint density at radius 1 is 0.886 bits per heavy atom. The van der Waals surface area contributed by atoms with Gasteiger partial charge in [-0.2, -0.15) is 0 Å². The number of carbonyl (C=O) groups excluding carboxylic acids is 4. The van der Waals surface area contributed by atoms with Gasteiger partial charge in [-0.1, -0.05) is 18.2 Å². The summed E-state index contributed by atoms with van der Waals surface area (Å²) >= 11 is 0. The topological polar surface area (TPSA) is 84.0 Å². The summed E-state index contributed by atoms with van der Waals surface area (Å²) in [6, 6.07) is 10.8. The van der Waals surface area contributed by atoms with Gasteiger partial charge in [-0.05, 0) is 80.6 Å². The van der Waals surface area contributed by atoms with Crippen molar-refractivity contribution in [3.05, 3.63) is 65.2 Å². The minimum Gasteiger partial charge on any atom is -0.426 e. The molecule has 5 rings (SSSR count). The van der Waals surface area contributed by atoms with Gasteiger partial charge in [-0.25, -0.2) is 4.90 Å². The van der Waals surface area contributed by atoms with Gasteiger partial charge in [-0.3, -0.25) is 19.2 Å². The summed E-state index contributed by atoms with van der Waals surface area (Å²) in [7, 11) is 0. The Kier molecular flexibility index (Phi) is 5.79. The van der Waals surface area contributed by atoms with E-state index in [9.17, 15) is 19.2 Å². The van der Waals surface area contributed by atoms with Gasteiger partial charge in [-0.15, -0.1) is 0 Å². The number of hydrogen-bond donors (Lipinski definition) is 0. The first-order valence-electron chi connectivity index (χ1n) is 12.0. The Labute approximate surface area is 204 Å². The molecule has 2 saturated heterocycles. The van der Waals surface area contributed by atoms with Crippen LogP contribution in [0.4, 0.5) is 11.4 Å². The molecular formula is C28H28N2O5. The van der Waals surface area contributed by atoms with Crippen LogP contribution in [0, 0.1) is 38.5 Å². The fourth-order valence-electron chi connectivity index (χ4n) is 5.40. The standard InChI is InChI=1S/C28H28N2O5/c1-16-10-17(2)12-20(11-16)29-15-19(14-25(29)31)28(34)35-21-8-9-24(18(3)13-21)30-26(32)22-6-4-5-7-23(22)27(30)33/h4-5,8-13,19,22-23H,6-7,14-15H2,1-3H3/t19-,22-,23-/m1/s1. The van der Waals surface area contributed by atoms with Crippen LogP contribution in [0.15, 0.2) is 48.6 Å². The largest absolute Gasteiger partial charge is 0.426 e. The zero-order valence-corrected chi connectivity index (χ0v) is 20.1. The minimum absolute atomic E-state index is 0.0937. The van der Waals surface area contributed by atoms with E-state index in [1.54, 1.807) is 30.0 Å². The van der Waals surface area contributed by atoms with E-state index in [0.29, 0.717) is 29.8 Å². The number of rotatable bonds is 4. The van der Waals surface area contributed by atoms with E-state index < -0.39 is 11.9 Å². The van der Waals surface area contributed by atoms with Gasteiger partial charge in [0.1, 0.15) is 5.75 Å². The van der Waals surface area contributed by atoms with E-state index in [1.807, 2.05) is 44.2 Å². The lowest BCUT2D eigenvalue weighted by atomic mass is 9.85. The summed E-state index contributed by atoms with van der Waals surface area (Å²) in [5.74, 6) is -1.77. The number of esters is 1. The van der Waals surface area contributed by atoms with E-state index >= 15 is 0 Å². The minimum atomic E-state index is -0.569. The van der Waals surface area contributed by atoms with E-state index in [4.69, 9.17) is 4.74 Å². The molecule has 7 nitrogen and oxygen atoms in total. The summed E-state index contributed by atoms with van der Waals surface area (Å²) < 4.78 is 5.61. The maximum absolute atomic E-state index is 12.9. The van der Waals surface area contributed by atoms with E-state index in [-0.39, 0.29) is 42.5 Å². The number of hydrogen-bond acceptors (Lipinski definition) is 5. The number of allylic oxidation sites excluding steroid dienone is 2. The van der Waals surface area contributed by atoms with Crippen molar-refractivity contribution in [3.8, 4) is 5.75 Å². The molecule has 3 amide bonds. The first kappa shape index (κ1) is 23.0. The van der Waals surface area contributed by atoms with Crippen LogP contribution in [-0.4, -0.2) is 30.2 Å². The number of amides is 3. The molecule has 0 spiro atoms. The van der Waals surface area contributed by atoms with Gasteiger partial charge in [0.2, 0.25) is 17.7 Å². The molecule has 2 aliphatic heterocycles. The molecule has 0 saturated carbocycles. The molecule has 35 heavy (non-hydrogen) atoms. The molecule has 0 radical (unpaired) electrons. The second-order valence-electron chi connectivity index (χ2n) is 9.79. The van der Waals surface area contributed by atoms with Crippen LogP contribution >= 0.6 is 0 Å². The zero-order valence-electron chi connectivity index (χ0n) is 20.1. The van der Waals surface area contributed by atoms with Crippen molar-refractivity contribution >= 4 is 35.1 Å². The van der Waals surface area contributed by atoms with Crippen LogP contribution in [0.2, 0.25) is 0 Å². The number of benzene rings is 2. The number of aryl methyl sites for hydroxylation is 3. The van der Waals surface area contributed by atoms with Crippen molar-refractivity contribution < 1.29 is 23.9 Å². The molecular weight excluding hydrogens is 444 g/mol. The van der Waals surface area contributed by atoms with Crippen LogP contribution in [0.5, 0.6) is 5.75 Å². The fourth-order valence-corrected chi connectivity index (χ4v) is 5.40. The number of carbonyl (C=O) groups is 4. The van der Waals surface area contributed by atoms with Gasteiger partial charge < -0.3 is 9.64 Å². The van der Waals surface area contributed by atoms with Crippen LogP contribution in [0.3, 0.4) is 0 Å². The average molecular weight is 473 g/mol. The first-order chi connectivity index (χ1) is 16.7. The Morgan fingerprint density at radius 3 is 2.11 bits per heavy atom. The summed E-state index contributed by atoms with van der Waals surface area (Å²) in [5.41, 5.74) is 4.09. The second kappa shape index (κ2) is 8.80. The van der Waals surface area contributed by atoms with Crippen LogP contribution < -0.4 is 14.5 Å². The van der Waals surface area contributed by atoms with Gasteiger partial charge in [0.05, 0.1) is 23.4 Å². The van der Waals surface area contributed by atoms with Crippen LogP contribution in [0.1, 0.15) is 36.0 Å². The highest BCUT2D eigenvalue weighted by atomic mass is 16.5. The summed E-state index contributed by atoms with van der Waals surface area (Å²) in [6.45, 7) is 6.01. The highest BCUT2D eigenvalue weighted by Crippen LogP contribution is 2.39. The van der Waals surface area contributed by atoms with Crippen molar-refractivity contribution in [2.75, 3.05) is 16.3 Å². The normalized spacial score (nSPS) is 23.7. The molecule has 7 heteroatoms. The van der Waals surface area contributed by atoms with Gasteiger partial charge in [0.15, 0.2) is 0 Å². The highest BCUT2D eigenvalue weighted by Gasteiger charge is 2.48. The molecule has 1 aliphatic carbocycles. The summed E-state index contributed by atoms with van der Waals surface area (Å²) in [6.07, 6.45) is 5.18.